The lowest BCUT2D eigenvalue weighted by atomic mass is 9.83. The van der Waals surface area contributed by atoms with Crippen LogP contribution in [0.2, 0.25) is 0 Å². The summed E-state index contributed by atoms with van der Waals surface area (Å²) in [5.74, 6) is 0.766. The molecule has 2 aliphatic rings. The van der Waals surface area contributed by atoms with Gasteiger partial charge in [-0.05, 0) is 39.0 Å². The third kappa shape index (κ3) is 3.23. The van der Waals surface area contributed by atoms with Gasteiger partial charge in [0.15, 0.2) is 0 Å². The first-order chi connectivity index (χ1) is 8.49. The highest BCUT2D eigenvalue weighted by Gasteiger charge is 2.35. The van der Waals surface area contributed by atoms with Crippen LogP contribution in [0.25, 0.3) is 0 Å². The lowest BCUT2D eigenvalue weighted by molar-refractivity contribution is -0.147. The summed E-state index contributed by atoms with van der Waals surface area (Å²) in [6, 6.07) is 0.300. The van der Waals surface area contributed by atoms with Crippen molar-refractivity contribution in [3.05, 3.63) is 0 Å². The summed E-state index contributed by atoms with van der Waals surface area (Å²) >= 11 is 0. The minimum absolute atomic E-state index is 0.161. The summed E-state index contributed by atoms with van der Waals surface area (Å²) in [6.45, 7) is 6.19. The summed E-state index contributed by atoms with van der Waals surface area (Å²) in [6.07, 6.45) is 5.12. The molecule has 1 saturated carbocycles. The number of nitrogens with zero attached hydrogens (tertiary/aromatic N) is 1. The van der Waals surface area contributed by atoms with Gasteiger partial charge < -0.3 is 15.4 Å². The molecule has 0 aromatic heterocycles. The van der Waals surface area contributed by atoms with Gasteiger partial charge in [-0.25, -0.2) is 0 Å². The van der Waals surface area contributed by atoms with Crippen LogP contribution in [-0.4, -0.2) is 42.1 Å². The van der Waals surface area contributed by atoms with Crippen LogP contribution in [0.4, 0.5) is 0 Å². The molecule has 1 heterocycles. The van der Waals surface area contributed by atoms with Gasteiger partial charge in [-0.3, -0.25) is 4.79 Å². The van der Waals surface area contributed by atoms with E-state index in [4.69, 9.17) is 10.5 Å². The smallest absolute Gasteiger partial charge is 0.223 e. The predicted octanol–water partition coefficient (Wildman–Crippen LogP) is 1.53. The number of carbonyl (C=O) groups excluding carboxylic acids is 1. The van der Waals surface area contributed by atoms with Crippen LogP contribution < -0.4 is 5.73 Å². The Hall–Kier alpha value is -0.610. The van der Waals surface area contributed by atoms with E-state index in [9.17, 15) is 4.79 Å². The van der Waals surface area contributed by atoms with E-state index in [0.29, 0.717) is 31.6 Å². The Kier molecular flexibility index (Phi) is 4.28. The number of hydrogen-bond donors (Lipinski definition) is 1. The molecule has 2 fully saturated rings. The zero-order valence-corrected chi connectivity index (χ0v) is 11.7. The maximum Gasteiger partial charge on any atom is 0.223 e. The van der Waals surface area contributed by atoms with Crippen molar-refractivity contribution in [3.8, 4) is 0 Å². The van der Waals surface area contributed by atoms with Gasteiger partial charge in [-0.1, -0.05) is 6.42 Å². The summed E-state index contributed by atoms with van der Waals surface area (Å²) < 4.78 is 5.46. The van der Waals surface area contributed by atoms with Crippen molar-refractivity contribution in [2.24, 2.45) is 11.7 Å². The molecule has 2 N–H and O–H groups in total. The van der Waals surface area contributed by atoms with E-state index in [1.807, 2.05) is 4.90 Å². The Morgan fingerprint density at radius 2 is 2.22 bits per heavy atom. The average Bonchev–Trinajstić information content (AvgIpc) is 2.28. The number of hydrogen-bond acceptors (Lipinski definition) is 3. The molecule has 18 heavy (non-hydrogen) atoms. The van der Waals surface area contributed by atoms with E-state index >= 15 is 0 Å². The van der Waals surface area contributed by atoms with E-state index in [1.165, 1.54) is 6.42 Å². The zero-order chi connectivity index (χ0) is 13.2. The molecular formula is C14H26N2O2. The summed E-state index contributed by atoms with van der Waals surface area (Å²) in [4.78, 5) is 14.4. The second-order valence-corrected chi connectivity index (χ2v) is 6.41. The minimum Gasteiger partial charge on any atom is -0.377 e. The molecule has 1 aliphatic heterocycles. The highest BCUT2D eigenvalue weighted by Crippen LogP contribution is 2.28. The standard InChI is InChI=1S/C14H26N2O2/c1-14(2)10-18-7-6-16(14)13(17)9-11-4-3-5-12(15)8-11/h11-12H,3-10,15H2,1-2H3. The molecule has 0 aromatic carbocycles. The van der Waals surface area contributed by atoms with E-state index in [1.54, 1.807) is 0 Å². The Morgan fingerprint density at radius 3 is 2.89 bits per heavy atom. The zero-order valence-electron chi connectivity index (χ0n) is 11.7. The average molecular weight is 254 g/mol. The van der Waals surface area contributed by atoms with Crippen LogP contribution in [0.3, 0.4) is 0 Å². The van der Waals surface area contributed by atoms with Gasteiger partial charge in [0.1, 0.15) is 0 Å². The molecule has 0 aromatic rings. The summed E-state index contributed by atoms with van der Waals surface area (Å²) in [5, 5.41) is 0. The van der Waals surface area contributed by atoms with Gasteiger partial charge in [0, 0.05) is 19.0 Å². The normalized spacial score (nSPS) is 32.3. The van der Waals surface area contributed by atoms with Crippen molar-refractivity contribution >= 4 is 5.91 Å². The first-order valence-electron chi connectivity index (χ1n) is 7.13. The van der Waals surface area contributed by atoms with Gasteiger partial charge in [0.2, 0.25) is 5.91 Å². The third-order valence-electron chi connectivity index (χ3n) is 4.23. The maximum absolute atomic E-state index is 12.4. The van der Waals surface area contributed by atoms with Crippen molar-refractivity contribution in [2.45, 2.75) is 57.5 Å². The lowest BCUT2D eigenvalue weighted by Gasteiger charge is -2.43. The molecule has 2 unspecified atom stereocenters. The fourth-order valence-corrected chi connectivity index (χ4v) is 3.20. The molecule has 1 aliphatic carbocycles. The quantitative estimate of drug-likeness (QED) is 0.813. The Bertz CT molecular complexity index is 304. The van der Waals surface area contributed by atoms with E-state index < -0.39 is 0 Å². The Balaban J connectivity index is 1.90. The third-order valence-corrected chi connectivity index (χ3v) is 4.23. The fraction of sp³-hybridized carbons (Fsp3) is 0.929. The van der Waals surface area contributed by atoms with Crippen LogP contribution >= 0.6 is 0 Å². The Labute approximate surface area is 110 Å². The van der Waals surface area contributed by atoms with Crippen molar-refractivity contribution in [2.75, 3.05) is 19.8 Å². The second-order valence-electron chi connectivity index (χ2n) is 6.41. The fourth-order valence-electron chi connectivity index (χ4n) is 3.20. The number of nitrogens with two attached hydrogens (primary N) is 1. The molecule has 0 bridgehead atoms. The van der Waals surface area contributed by atoms with Crippen LogP contribution in [-0.2, 0) is 9.53 Å². The first kappa shape index (κ1) is 13.8. The number of carbonyl (C=O) groups is 1. The molecule has 1 saturated heterocycles. The second kappa shape index (κ2) is 5.57. The Morgan fingerprint density at radius 1 is 1.44 bits per heavy atom. The molecule has 2 rings (SSSR count). The molecule has 0 radical (unpaired) electrons. The maximum atomic E-state index is 12.4. The number of ether oxygens (including phenoxy) is 1. The highest BCUT2D eigenvalue weighted by molar-refractivity contribution is 5.77. The lowest BCUT2D eigenvalue weighted by Crippen LogP contribution is -2.55. The number of morpholine rings is 1. The van der Waals surface area contributed by atoms with Crippen LogP contribution in [0, 0.1) is 5.92 Å². The van der Waals surface area contributed by atoms with Crippen molar-refractivity contribution in [3.63, 3.8) is 0 Å². The molecule has 4 heteroatoms. The number of amides is 1. The summed E-state index contributed by atoms with van der Waals surface area (Å²) in [7, 11) is 0. The molecule has 2 atom stereocenters. The van der Waals surface area contributed by atoms with Crippen molar-refractivity contribution in [1.29, 1.82) is 0 Å². The minimum atomic E-state index is -0.161. The topological polar surface area (TPSA) is 55.6 Å². The van der Waals surface area contributed by atoms with Gasteiger partial charge in [-0.2, -0.15) is 0 Å². The molecule has 0 spiro atoms. The van der Waals surface area contributed by atoms with Crippen molar-refractivity contribution in [1.82, 2.24) is 4.90 Å². The van der Waals surface area contributed by atoms with Crippen molar-refractivity contribution < 1.29 is 9.53 Å². The molecular weight excluding hydrogens is 228 g/mol. The molecule has 4 nitrogen and oxygen atoms in total. The van der Waals surface area contributed by atoms with Gasteiger partial charge >= 0.3 is 0 Å². The van der Waals surface area contributed by atoms with Crippen LogP contribution in [0.5, 0.6) is 0 Å². The predicted molar refractivity (Wildman–Crippen MR) is 71.2 cm³/mol. The van der Waals surface area contributed by atoms with Gasteiger partial charge in [0.05, 0.1) is 18.8 Å². The van der Waals surface area contributed by atoms with E-state index in [0.717, 1.165) is 25.8 Å². The SMILES string of the molecule is CC1(C)COCCN1C(=O)CC1CCCC(N)C1. The molecule has 1 amide bonds. The van der Waals surface area contributed by atoms with Gasteiger partial charge in [0.25, 0.3) is 0 Å². The molecule has 104 valence electrons. The van der Waals surface area contributed by atoms with Gasteiger partial charge in [-0.15, -0.1) is 0 Å². The largest absolute Gasteiger partial charge is 0.377 e. The van der Waals surface area contributed by atoms with E-state index in [-0.39, 0.29) is 11.4 Å². The van der Waals surface area contributed by atoms with Crippen LogP contribution in [0.15, 0.2) is 0 Å². The first-order valence-corrected chi connectivity index (χ1v) is 7.13. The summed E-state index contributed by atoms with van der Waals surface area (Å²) in [5.41, 5.74) is 5.83. The number of rotatable bonds is 2. The monoisotopic (exact) mass is 254 g/mol. The highest BCUT2D eigenvalue weighted by atomic mass is 16.5. The van der Waals surface area contributed by atoms with Crippen LogP contribution in [0.1, 0.15) is 46.0 Å². The van der Waals surface area contributed by atoms with E-state index in [2.05, 4.69) is 13.8 Å².